The zero-order valence-electron chi connectivity index (χ0n) is 15.0. The molecule has 1 saturated heterocycles. The molecule has 150 valence electrons. The number of carbonyl (C=O) groups excluding carboxylic acids is 3. The van der Waals surface area contributed by atoms with Crippen LogP contribution in [-0.4, -0.2) is 30.8 Å². The van der Waals surface area contributed by atoms with Crippen molar-refractivity contribution >= 4 is 68.1 Å². The Hall–Kier alpha value is -2.49. The number of imide groups is 1. The van der Waals surface area contributed by atoms with Crippen molar-refractivity contribution in [3.05, 3.63) is 56.4 Å². The van der Waals surface area contributed by atoms with Gasteiger partial charge in [-0.25, -0.2) is 0 Å². The number of para-hydroxylation sites is 1. The Bertz CT molecular complexity index is 1030. The first-order valence-corrected chi connectivity index (χ1v) is 10.2. The largest absolute Gasteiger partial charge is 0.493 e. The second-order valence-corrected chi connectivity index (χ2v) is 7.98. The molecule has 1 aliphatic rings. The van der Waals surface area contributed by atoms with Crippen LogP contribution in [0.25, 0.3) is 6.08 Å². The van der Waals surface area contributed by atoms with Gasteiger partial charge in [-0.2, -0.15) is 0 Å². The Labute approximate surface area is 183 Å². The van der Waals surface area contributed by atoms with Crippen LogP contribution in [0.15, 0.2) is 45.8 Å². The lowest BCUT2D eigenvalue weighted by molar-refractivity contribution is -0.118. The van der Waals surface area contributed by atoms with Gasteiger partial charge in [-0.1, -0.05) is 23.7 Å². The number of rotatable bonds is 6. The number of hydrogen-bond donors (Lipinski definition) is 2. The molecule has 0 unspecified atom stereocenters. The third-order valence-corrected chi connectivity index (χ3v) is 5.42. The predicted molar refractivity (Wildman–Crippen MR) is 115 cm³/mol. The van der Waals surface area contributed by atoms with E-state index in [9.17, 15) is 14.4 Å². The van der Waals surface area contributed by atoms with E-state index in [1.165, 1.54) is 7.11 Å². The molecule has 0 spiro atoms. The van der Waals surface area contributed by atoms with Crippen LogP contribution >= 0.6 is 39.3 Å². The van der Waals surface area contributed by atoms with Gasteiger partial charge in [-0.05, 0) is 63.6 Å². The van der Waals surface area contributed by atoms with Crippen LogP contribution in [-0.2, 0) is 9.59 Å². The zero-order valence-corrected chi connectivity index (χ0v) is 18.1. The summed E-state index contributed by atoms with van der Waals surface area (Å²) in [7, 11) is 1.45. The highest BCUT2D eigenvalue weighted by molar-refractivity contribution is 9.10. The van der Waals surface area contributed by atoms with E-state index in [1.807, 2.05) is 0 Å². The maximum atomic E-state index is 12.2. The molecule has 1 heterocycles. The van der Waals surface area contributed by atoms with Gasteiger partial charge in [0, 0.05) is 0 Å². The third kappa shape index (κ3) is 5.31. The quantitative estimate of drug-likeness (QED) is 0.573. The number of ether oxygens (including phenoxy) is 2. The van der Waals surface area contributed by atoms with E-state index in [-0.39, 0.29) is 11.5 Å². The first-order valence-electron chi connectivity index (χ1n) is 8.17. The number of halogens is 2. The summed E-state index contributed by atoms with van der Waals surface area (Å²) < 4.78 is 11.5. The number of methoxy groups -OCH3 is 1. The van der Waals surface area contributed by atoms with Crippen molar-refractivity contribution in [2.24, 2.45) is 0 Å². The van der Waals surface area contributed by atoms with Crippen LogP contribution in [0.4, 0.5) is 10.5 Å². The van der Waals surface area contributed by atoms with E-state index in [0.29, 0.717) is 32.2 Å². The van der Waals surface area contributed by atoms with E-state index in [2.05, 4.69) is 26.6 Å². The molecule has 2 aromatic carbocycles. The highest BCUT2D eigenvalue weighted by Gasteiger charge is 2.25. The van der Waals surface area contributed by atoms with Crippen molar-refractivity contribution in [3.63, 3.8) is 0 Å². The fourth-order valence-electron chi connectivity index (χ4n) is 2.42. The number of anilines is 1. The van der Waals surface area contributed by atoms with Gasteiger partial charge in [0.2, 0.25) is 0 Å². The highest BCUT2D eigenvalue weighted by Crippen LogP contribution is 2.38. The summed E-state index contributed by atoms with van der Waals surface area (Å²) in [5, 5.41) is 4.86. The van der Waals surface area contributed by atoms with Crippen molar-refractivity contribution < 1.29 is 23.9 Å². The molecule has 0 aromatic heterocycles. The molecule has 3 amide bonds. The average Bonchev–Trinajstić information content (AvgIpc) is 2.99. The predicted octanol–water partition coefficient (Wildman–Crippen LogP) is 4.45. The fraction of sp³-hybridized carbons (Fsp3) is 0.105. The van der Waals surface area contributed by atoms with E-state index in [4.69, 9.17) is 21.1 Å². The summed E-state index contributed by atoms with van der Waals surface area (Å²) in [5.41, 5.74) is 1.10. The second kappa shape index (κ2) is 9.34. The Morgan fingerprint density at radius 3 is 2.72 bits per heavy atom. The van der Waals surface area contributed by atoms with E-state index >= 15 is 0 Å². The molecule has 0 bridgehead atoms. The van der Waals surface area contributed by atoms with Crippen molar-refractivity contribution in [2.45, 2.75) is 0 Å². The molecule has 0 radical (unpaired) electrons. The summed E-state index contributed by atoms with van der Waals surface area (Å²) in [6.07, 6.45) is 1.56. The molecule has 0 atom stereocenters. The number of nitrogens with one attached hydrogen (secondary N) is 2. The Balaban J connectivity index is 1.73. The Morgan fingerprint density at radius 2 is 2.07 bits per heavy atom. The van der Waals surface area contributed by atoms with Gasteiger partial charge in [0.25, 0.3) is 17.1 Å². The SMILES string of the molecule is COc1cc(/C=C2\SC(=O)NC2=O)cc(Br)c1OCC(=O)Nc1ccccc1Cl. The van der Waals surface area contributed by atoms with E-state index in [1.54, 1.807) is 42.5 Å². The summed E-state index contributed by atoms with van der Waals surface area (Å²) in [5.74, 6) is -0.169. The van der Waals surface area contributed by atoms with E-state index < -0.39 is 17.1 Å². The number of carbonyl (C=O) groups is 3. The van der Waals surface area contributed by atoms with Crippen LogP contribution in [0.1, 0.15) is 5.56 Å². The summed E-state index contributed by atoms with van der Waals surface area (Å²) in [4.78, 5) is 35.4. The number of thioether (sulfide) groups is 1. The average molecular weight is 498 g/mol. The minimum absolute atomic E-state index is 0.270. The first-order chi connectivity index (χ1) is 13.9. The minimum atomic E-state index is -0.452. The monoisotopic (exact) mass is 496 g/mol. The van der Waals surface area contributed by atoms with Crippen LogP contribution in [0.2, 0.25) is 5.02 Å². The molecular formula is C19H14BrClN2O5S. The van der Waals surface area contributed by atoms with Gasteiger partial charge in [0.1, 0.15) is 0 Å². The van der Waals surface area contributed by atoms with Gasteiger partial charge in [0.05, 0.1) is 27.2 Å². The van der Waals surface area contributed by atoms with Crippen LogP contribution in [0, 0.1) is 0 Å². The molecule has 10 heteroatoms. The molecule has 0 aliphatic carbocycles. The molecule has 1 fully saturated rings. The normalized spacial score (nSPS) is 14.7. The van der Waals surface area contributed by atoms with Gasteiger partial charge in [0.15, 0.2) is 18.1 Å². The summed E-state index contributed by atoms with van der Waals surface area (Å²) >= 11 is 10.2. The molecule has 2 N–H and O–H groups in total. The van der Waals surface area contributed by atoms with Gasteiger partial charge in [-0.3, -0.25) is 19.7 Å². The summed E-state index contributed by atoms with van der Waals surface area (Å²) in [6, 6.07) is 10.2. The molecule has 0 saturated carbocycles. The number of amides is 3. The standard InChI is InChI=1S/C19H14BrClN2O5S/c1-27-14-7-10(8-15-18(25)23-19(26)29-15)6-11(20)17(14)28-9-16(24)22-13-5-3-2-4-12(13)21/h2-8H,9H2,1H3,(H,22,24)(H,23,25,26)/b15-8-. The van der Waals surface area contributed by atoms with E-state index in [0.717, 1.165) is 11.8 Å². The first kappa shape index (κ1) is 21.2. The van der Waals surface area contributed by atoms with Crippen molar-refractivity contribution in [3.8, 4) is 11.5 Å². The number of hydrogen-bond acceptors (Lipinski definition) is 6. The summed E-state index contributed by atoms with van der Waals surface area (Å²) in [6.45, 7) is -0.270. The van der Waals surface area contributed by atoms with Crippen molar-refractivity contribution in [1.29, 1.82) is 0 Å². The maximum Gasteiger partial charge on any atom is 0.290 e. The third-order valence-electron chi connectivity index (χ3n) is 3.69. The lowest BCUT2D eigenvalue weighted by Crippen LogP contribution is -2.20. The lowest BCUT2D eigenvalue weighted by Gasteiger charge is -2.14. The molecule has 3 rings (SSSR count). The maximum absolute atomic E-state index is 12.2. The topological polar surface area (TPSA) is 93.7 Å². The zero-order chi connectivity index (χ0) is 21.0. The van der Waals surface area contributed by atoms with Crippen LogP contribution in [0.5, 0.6) is 11.5 Å². The Kier molecular flexibility index (Phi) is 6.83. The molecule has 2 aromatic rings. The van der Waals surface area contributed by atoms with Crippen LogP contribution < -0.4 is 20.1 Å². The Morgan fingerprint density at radius 1 is 1.31 bits per heavy atom. The van der Waals surface area contributed by atoms with Crippen molar-refractivity contribution in [1.82, 2.24) is 5.32 Å². The minimum Gasteiger partial charge on any atom is -0.493 e. The molecular weight excluding hydrogens is 484 g/mol. The fourth-order valence-corrected chi connectivity index (χ4v) is 3.86. The highest BCUT2D eigenvalue weighted by atomic mass is 79.9. The van der Waals surface area contributed by atoms with Gasteiger partial charge >= 0.3 is 0 Å². The van der Waals surface area contributed by atoms with Crippen molar-refractivity contribution in [2.75, 3.05) is 19.0 Å². The molecule has 29 heavy (non-hydrogen) atoms. The molecule has 7 nitrogen and oxygen atoms in total. The lowest BCUT2D eigenvalue weighted by atomic mass is 10.2. The van der Waals surface area contributed by atoms with Gasteiger partial charge in [-0.15, -0.1) is 0 Å². The second-order valence-electron chi connectivity index (χ2n) is 5.70. The number of benzene rings is 2. The smallest absolute Gasteiger partial charge is 0.290 e. The van der Waals surface area contributed by atoms with Gasteiger partial charge < -0.3 is 14.8 Å². The molecule has 1 aliphatic heterocycles. The van der Waals surface area contributed by atoms with Crippen LogP contribution in [0.3, 0.4) is 0 Å².